The minimum absolute atomic E-state index is 0.252. The molecule has 0 radical (unpaired) electrons. The summed E-state index contributed by atoms with van der Waals surface area (Å²) in [6.45, 7) is 6.36. The van der Waals surface area contributed by atoms with Gasteiger partial charge in [-0.15, -0.1) is 0 Å². The summed E-state index contributed by atoms with van der Waals surface area (Å²) < 4.78 is 1.34. The van der Waals surface area contributed by atoms with Crippen molar-refractivity contribution in [3.05, 3.63) is 62.7 Å². The highest BCUT2D eigenvalue weighted by atomic mass is 127. The first-order valence-corrected chi connectivity index (χ1v) is 10.8. The van der Waals surface area contributed by atoms with Gasteiger partial charge in [-0.3, -0.25) is 4.90 Å². The smallest absolute Gasteiger partial charge is 0.0739 e. The predicted octanol–water partition coefficient (Wildman–Crippen LogP) is 3.50. The monoisotopic (exact) mass is 462 g/mol. The largest absolute Gasteiger partial charge is 0.391 e. The molecule has 2 aromatic rings. The van der Waals surface area contributed by atoms with E-state index in [1.54, 1.807) is 0 Å². The highest BCUT2D eigenvalue weighted by molar-refractivity contribution is 14.1. The van der Waals surface area contributed by atoms with Crippen LogP contribution in [-0.2, 0) is 19.3 Å². The Morgan fingerprint density at radius 3 is 2.54 bits per heavy atom. The maximum atomic E-state index is 10.8. The number of nitrogens with zero attached hydrogens (tertiary/aromatic N) is 2. The first-order valence-electron chi connectivity index (χ1n) is 9.68. The molecule has 2 aliphatic rings. The lowest BCUT2D eigenvalue weighted by Gasteiger charge is -2.44. The van der Waals surface area contributed by atoms with Crippen LogP contribution in [0.25, 0.3) is 0 Å². The van der Waals surface area contributed by atoms with Crippen LogP contribution in [-0.4, -0.2) is 48.3 Å². The number of aliphatic hydroxyl groups is 1. The first kappa shape index (κ1) is 18.3. The van der Waals surface area contributed by atoms with E-state index in [9.17, 15) is 5.11 Å². The molecule has 1 heterocycles. The molecule has 3 nitrogen and oxygen atoms in total. The van der Waals surface area contributed by atoms with Gasteiger partial charge in [0, 0.05) is 47.9 Å². The van der Waals surface area contributed by atoms with E-state index in [1.807, 2.05) is 0 Å². The molecule has 0 amide bonds. The minimum Gasteiger partial charge on any atom is -0.391 e. The number of anilines is 1. The Labute approximate surface area is 170 Å². The van der Waals surface area contributed by atoms with Gasteiger partial charge in [-0.2, -0.15) is 0 Å². The fourth-order valence-corrected chi connectivity index (χ4v) is 5.29. The SMILES string of the molecule is CCc1ccccc1N1CCN(C2Cc3c(I)cccc3CC2O)CC1. The van der Waals surface area contributed by atoms with Gasteiger partial charge in [-0.1, -0.05) is 37.3 Å². The number of halogens is 1. The Balaban J connectivity index is 1.46. The molecular formula is C22H27IN2O. The maximum absolute atomic E-state index is 10.8. The van der Waals surface area contributed by atoms with Crippen LogP contribution in [0.3, 0.4) is 0 Å². The molecule has 4 heteroatoms. The molecule has 2 aromatic carbocycles. The normalized spacial score (nSPS) is 23.7. The summed E-state index contributed by atoms with van der Waals surface area (Å²) in [6, 6.07) is 15.5. The molecule has 2 atom stereocenters. The highest BCUT2D eigenvalue weighted by Crippen LogP contribution is 2.30. The number of benzene rings is 2. The van der Waals surface area contributed by atoms with Gasteiger partial charge in [0.15, 0.2) is 0 Å². The van der Waals surface area contributed by atoms with Crippen molar-refractivity contribution >= 4 is 28.3 Å². The van der Waals surface area contributed by atoms with Gasteiger partial charge in [-0.25, -0.2) is 0 Å². The third kappa shape index (κ3) is 3.51. The van der Waals surface area contributed by atoms with Gasteiger partial charge in [0.2, 0.25) is 0 Å². The van der Waals surface area contributed by atoms with Crippen molar-refractivity contribution in [3.63, 3.8) is 0 Å². The van der Waals surface area contributed by atoms with E-state index in [0.29, 0.717) is 0 Å². The van der Waals surface area contributed by atoms with Crippen LogP contribution in [0.15, 0.2) is 42.5 Å². The second-order valence-corrected chi connectivity index (χ2v) is 8.59. The highest BCUT2D eigenvalue weighted by Gasteiger charge is 2.34. The summed E-state index contributed by atoms with van der Waals surface area (Å²) in [6.07, 6.45) is 2.58. The minimum atomic E-state index is -0.254. The molecule has 1 aliphatic heterocycles. The van der Waals surface area contributed by atoms with Crippen LogP contribution < -0.4 is 4.90 Å². The molecule has 1 aliphatic carbocycles. The quantitative estimate of drug-likeness (QED) is 0.708. The number of aryl methyl sites for hydroxylation is 1. The van der Waals surface area contributed by atoms with Crippen LogP contribution in [0, 0.1) is 3.57 Å². The molecule has 0 saturated carbocycles. The molecule has 26 heavy (non-hydrogen) atoms. The molecule has 0 spiro atoms. The Hall–Kier alpha value is -1.11. The predicted molar refractivity (Wildman–Crippen MR) is 116 cm³/mol. The van der Waals surface area contributed by atoms with Crippen molar-refractivity contribution in [1.82, 2.24) is 4.90 Å². The zero-order valence-corrected chi connectivity index (χ0v) is 17.5. The number of hydrogen-bond donors (Lipinski definition) is 1. The first-order chi connectivity index (χ1) is 12.7. The molecule has 1 fully saturated rings. The summed E-state index contributed by atoms with van der Waals surface area (Å²) in [4.78, 5) is 5.03. The van der Waals surface area contributed by atoms with Gasteiger partial charge in [0.25, 0.3) is 0 Å². The number of piperazine rings is 1. The lowest BCUT2D eigenvalue weighted by Crippen LogP contribution is -2.56. The van der Waals surface area contributed by atoms with E-state index >= 15 is 0 Å². The third-order valence-corrected chi connectivity index (χ3v) is 7.01. The van der Waals surface area contributed by atoms with E-state index in [0.717, 1.165) is 45.4 Å². The molecule has 1 N–H and O–H groups in total. The second-order valence-electron chi connectivity index (χ2n) is 7.43. The van der Waals surface area contributed by atoms with E-state index in [1.165, 1.54) is 25.9 Å². The van der Waals surface area contributed by atoms with Gasteiger partial charge in [0.1, 0.15) is 0 Å². The summed E-state index contributed by atoms with van der Waals surface area (Å²) in [5.41, 5.74) is 5.60. The van der Waals surface area contributed by atoms with E-state index in [2.05, 4.69) is 81.8 Å². The topological polar surface area (TPSA) is 26.7 Å². The second kappa shape index (κ2) is 7.87. The van der Waals surface area contributed by atoms with Crippen molar-refractivity contribution in [3.8, 4) is 0 Å². The van der Waals surface area contributed by atoms with Crippen LogP contribution in [0.4, 0.5) is 5.69 Å². The number of fused-ring (bicyclic) bond motifs is 1. The van der Waals surface area contributed by atoms with Gasteiger partial charge in [-0.05, 0) is 64.3 Å². The van der Waals surface area contributed by atoms with E-state index < -0.39 is 0 Å². The Morgan fingerprint density at radius 2 is 1.77 bits per heavy atom. The van der Waals surface area contributed by atoms with E-state index in [4.69, 9.17) is 0 Å². The summed E-state index contributed by atoms with van der Waals surface area (Å²) in [5.74, 6) is 0. The van der Waals surface area contributed by atoms with Crippen LogP contribution in [0.5, 0.6) is 0 Å². The van der Waals surface area contributed by atoms with Crippen molar-refractivity contribution in [2.45, 2.75) is 38.3 Å². The molecule has 0 bridgehead atoms. The fourth-order valence-electron chi connectivity index (χ4n) is 4.51. The standard InChI is InChI=1S/C22H27IN2O/c1-2-16-6-3-4-9-20(16)24-10-12-25(13-11-24)21-15-18-17(14-22(21)26)7-5-8-19(18)23/h3-9,21-22,26H,2,10-15H2,1H3. The Kier molecular flexibility index (Phi) is 5.53. The van der Waals surface area contributed by atoms with Gasteiger partial charge < -0.3 is 10.0 Å². The number of aliphatic hydroxyl groups excluding tert-OH is 1. The number of hydrogen-bond acceptors (Lipinski definition) is 3. The van der Waals surface area contributed by atoms with Crippen LogP contribution >= 0.6 is 22.6 Å². The molecular weight excluding hydrogens is 435 g/mol. The van der Waals surface area contributed by atoms with Crippen molar-refractivity contribution in [1.29, 1.82) is 0 Å². The summed E-state index contributed by atoms with van der Waals surface area (Å²) in [7, 11) is 0. The maximum Gasteiger partial charge on any atom is 0.0739 e. The molecule has 4 rings (SSSR count). The number of rotatable bonds is 3. The van der Waals surface area contributed by atoms with Crippen LogP contribution in [0.1, 0.15) is 23.6 Å². The van der Waals surface area contributed by atoms with Crippen molar-refractivity contribution in [2.24, 2.45) is 0 Å². The third-order valence-electron chi connectivity index (χ3n) is 6.00. The zero-order valence-electron chi connectivity index (χ0n) is 15.4. The average Bonchev–Trinajstić information content (AvgIpc) is 2.68. The summed E-state index contributed by atoms with van der Waals surface area (Å²) >= 11 is 2.44. The number of para-hydroxylation sites is 1. The average molecular weight is 462 g/mol. The molecule has 2 unspecified atom stereocenters. The van der Waals surface area contributed by atoms with E-state index in [-0.39, 0.29) is 12.1 Å². The molecule has 1 saturated heterocycles. The Morgan fingerprint density at radius 1 is 1.00 bits per heavy atom. The lowest BCUT2D eigenvalue weighted by atomic mass is 9.85. The van der Waals surface area contributed by atoms with Crippen molar-refractivity contribution < 1.29 is 5.11 Å². The molecule has 0 aromatic heterocycles. The fraction of sp³-hybridized carbons (Fsp3) is 0.455. The summed E-state index contributed by atoms with van der Waals surface area (Å²) in [5, 5.41) is 10.8. The molecule has 138 valence electrons. The van der Waals surface area contributed by atoms with Crippen LogP contribution in [0.2, 0.25) is 0 Å². The Bertz CT molecular complexity index is 770. The van der Waals surface area contributed by atoms with Gasteiger partial charge >= 0.3 is 0 Å². The van der Waals surface area contributed by atoms with Gasteiger partial charge in [0.05, 0.1) is 6.10 Å². The zero-order chi connectivity index (χ0) is 18.1. The van der Waals surface area contributed by atoms with Crippen molar-refractivity contribution in [2.75, 3.05) is 31.1 Å². The lowest BCUT2D eigenvalue weighted by molar-refractivity contribution is 0.0393.